The van der Waals surface area contributed by atoms with Crippen molar-refractivity contribution in [2.24, 2.45) is 5.92 Å². The van der Waals surface area contributed by atoms with E-state index < -0.39 is 10.0 Å². The Bertz CT molecular complexity index is 338. The van der Waals surface area contributed by atoms with Crippen LogP contribution in [-0.4, -0.2) is 35.9 Å². The molecule has 0 bridgehead atoms. The van der Waals surface area contributed by atoms with Gasteiger partial charge < -0.3 is 0 Å². The molecule has 1 aliphatic carbocycles. The Labute approximate surface area is 107 Å². The summed E-state index contributed by atoms with van der Waals surface area (Å²) in [4.78, 5) is 0. The average Bonchev–Trinajstić information content (AvgIpc) is 2.85. The molecule has 2 rings (SSSR count). The van der Waals surface area contributed by atoms with Crippen LogP contribution in [0.3, 0.4) is 0 Å². The second-order valence-electron chi connectivity index (χ2n) is 5.05. The van der Waals surface area contributed by atoms with Gasteiger partial charge in [-0.3, -0.25) is 0 Å². The Morgan fingerprint density at radius 3 is 2.44 bits per heavy atom. The van der Waals surface area contributed by atoms with Gasteiger partial charge in [0, 0.05) is 17.9 Å². The lowest BCUT2D eigenvalue weighted by molar-refractivity contribution is 0.372. The van der Waals surface area contributed by atoms with Crippen LogP contribution in [0.2, 0.25) is 0 Å². The number of halogens is 1. The molecule has 2 unspecified atom stereocenters. The Kier molecular flexibility index (Phi) is 3.97. The zero-order valence-corrected chi connectivity index (χ0v) is 12.1. The number of alkyl halides is 1. The SMILES string of the molecule is CC1CCN(S(=O)(=O)C2CCCC2)C1CBr. The highest BCUT2D eigenvalue weighted by Crippen LogP contribution is 2.34. The van der Waals surface area contributed by atoms with Crippen LogP contribution in [0.5, 0.6) is 0 Å². The zero-order chi connectivity index (χ0) is 11.8. The maximum Gasteiger partial charge on any atom is 0.217 e. The van der Waals surface area contributed by atoms with Crippen LogP contribution in [0.1, 0.15) is 39.0 Å². The number of sulfonamides is 1. The van der Waals surface area contributed by atoms with Crippen LogP contribution < -0.4 is 0 Å². The molecule has 0 aromatic carbocycles. The molecular weight excluding hydrogens is 290 g/mol. The van der Waals surface area contributed by atoms with Crippen LogP contribution in [0.25, 0.3) is 0 Å². The summed E-state index contributed by atoms with van der Waals surface area (Å²) in [6, 6.07) is 0.172. The predicted molar refractivity (Wildman–Crippen MR) is 69.2 cm³/mol. The van der Waals surface area contributed by atoms with E-state index >= 15 is 0 Å². The van der Waals surface area contributed by atoms with Crippen molar-refractivity contribution in [3.8, 4) is 0 Å². The molecule has 3 nitrogen and oxygen atoms in total. The highest BCUT2D eigenvalue weighted by atomic mass is 79.9. The lowest BCUT2D eigenvalue weighted by Crippen LogP contribution is -2.43. The molecule has 1 heterocycles. The highest BCUT2D eigenvalue weighted by Gasteiger charge is 2.42. The van der Waals surface area contributed by atoms with Crippen molar-refractivity contribution in [2.45, 2.75) is 50.3 Å². The molecule has 0 aromatic rings. The fourth-order valence-electron chi connectivity index (χ4n) is 2.90. The van der Waals surface area contributed by atoms with E-state index in [-0.39, 0.29) is 11.3 Å². The molecule has 0 radical (unpaired) electrons. The minimum Gasteiger partial charge on any atom is -0.212 e. The number of rotatable bonds is 3. The van der Waals surface area contributed by atoms with Gasteiger partial charge in [0.15, 0.2) is 0 Å². The summed E-state index contributed by atoms with van der Waals surface area (Å²) >= 11 is 3.45. The van der Waals surface area contributed by atoms with Crippen molar-refractivity contribution in [3.63, 3.8) is 0 Å². The first-order valence-corrected chi connectivity index (χ1v) is 8.76. The molecule has 1 saturated carbocycles. The molecule has 2 atom stereocenters. The first kappa shape index (κ1) is 12.8. The molecule has 1 saturated heterocycles. The molecule has 5 heteroatoms. The quantitative estimate of drug-likeness (QED) is 0.751. The first-order valence-electron chi connectivity index (χ1n) is 6.14. The molecule has 2 aliphatic rings. The Morgan fingerprint density at radius 1 is 1.25 bits per heavy atom. The predicted octanol–water partition coefficient (Wildman–Crippen LogP) is 2.36. The minimum absolute atomic E-state index is 0.0978. The first-order chi connectivity index (χ1) is 7.57. The van der Waals surface area contributed by atoms with Crippen LogP contribution in [0, 0.1) is 5.92 Å². The van der Waals surface area contributed by atoms with E-state index in [1.807, 2.05) is 0 Å². The summed E-state index contributed by atoms with van der Waals surface area (Å²) in [6.45, 7) is 2.87. The third-order valence-electron chi connectivity index (χ3n) is 4.04. The summed E-state index contributed by atoms with van der Waals surface area (Å²) in [6.07, 6.45) is 4.88. The summed E-state index contributed by atoms with van der Waals surface area (Å²) in [7, 11) is -3.03. The number of nitrogens with zero attached hydrogens (tertiary/aromatic N) is 1. The molecule has 16 heavy (non-hydrogen) atoms. The molecule has 1 aliphatic heterocycles. The van der Waals surface area contributed by atoms with Crippen molar-refractivity contribution in [1.82, 2.24) is 4.31 Å². The standard InChI is InChI=1S/C11H20BrNO2S/c1-9-6-7-13(11(9)8-12)16(14,15)10-4-2-3-5-10/h9-11H,2-8H2,1H3. The topological polar surface area (TPSA) is 37.4 Å². The van der Waals surface area contributed by atoms with Crippen molar-refractivity contribution in [3.05, 3.63) is 0 Å². The molecule has 0 N–H and O–H groups in total. The van der Waals surface area contributed by atoms with Gasteiger partial charge in [0.2, 0.25) is 10.0 Å². The summed E-state index contributed by atoms with van der Waals surface area (Å²) in [5, 5.41) is 0.666. The van der Waals surface area contributed by atoms with Crippen LogP contribution in [0.15, 0.2) is 0 Å². The van der Waals surface area contributed by atoms with E-state index in [4.69, 9.17) is 0 Å². The summed E-state index contributed by atoms with van der Waals surface area (Å²) in [5.41, 5.74) is 0. The smallest absolute Gasteiger partial charge is 0.212 e. The van der Waals surface area contributed by atoms with Gasteiger partial charge in [-0.25, -0.2) is 8.42 Å². The normalized spacial score (nSPS) is 33.6. The van der Waals surface area contributed by atoms with Gasteiger partial charge in [0.05, 0.1) is 5.25 Å². The van der Waals surface area contributed by atoms with E-state index in [2.05, 4.69) is 22.9 Å². The molecular formula is C11H20BrNO2S. The Balaban J connectivity index is 2.16. The number of hydrogen-bond acceptors (Lipinski definition) is 2. The minimum atomic E-state index is -3.03. The lowest BCUT2D eigenvalue weighted by atomic mass is 10.1. The molecule has 94 valence electrons. The maximum atomic E-state index is 12.5. The van der Waals surface area contributed by atoms with Gasteiger partial charge in [0.1, 0.15) is 0 Å². The molecule has 2 fully saturated rings. The van der Waals surface area contributed by atoms with Crippen LogP contribution >= 0.6 is 15.9 Å². The fourth-order valence-corrected chi connectivity index (χ4v) is 6.41. The van der Waals surface area contributed by atoms with Crippen molar-refractivity contribution < 1.29 is 8.42 Å². The second kappa shape index (κ2) is 4.94. The van der Waals surface area contributed by atoms with E-state index in [0.717, 1.165) is 44.0 Å². The average molecular weight is 310 g/mol. The largest absolute Gasteiger partial charge is 0.217 e. The Morgan fingerprint density at radius 2 is 1.88 bits per heavy atom. The molecule has 0 aromatic heterocycles. The monoisotopic (exact) mass is 309 g/mol. The lowest BCUT2D eigenvalue weighted by Gasteiger charge is -2.27. The summed E-state index contributed by atoms with van der Waals surface area (Å²) in [5.74, 6) is 0.482. The second-order valence-corrected chi connectivity index (χ2v) is 7.86. The zero-order valence-electron chi connectivity index (χ0n) is 9.73. The third-order valence-corrected chi connectivity index (χ3v) is 7.12. The van der Waals surface area contributed by atoms with Crippen molar-refractivity contribution in [2.75, 3.05) is 11.9 Å². The van der Waals surface area contributed by atoms with Gasteiger partial charge >= 0.3 is 0 Å². The van der Waals surface area contributed by atoms with Crippen LogP contribution in [0.4, 0.5) is 0 Å². The van der Waals surface area contributed by atoms with E-state index in [1.54, 1.807) is 4.31 Å². The number of hydrogen-bond donors (Lipinski definition) is 0. The van der Waals surface area contributed by atoms with Crippen molar-refractivity contribution in [1.29, 1.82) is 0 Å². The van der Waals surface area contributed by atoms with E-state index in [1.165, 1.54) is 0 Å². The third kappa shape index (κ3) is 2.18. The fraction of sp³-hybridized carbons (Fsp3) is 1.00. The van der Waals surface area contributed by atoms with Gasteiger partial charge in [0.25, 0.3) is 0 Å². The van der Waals surface area contributed by atoms with Crippen LogP contribution in [-0.2, 0) is 10.0 Å². The maximum absolute atomic E-state index is 12.5. The van der Waals surface area contributed by atoms with Gasteiger partial charge in [-0.05, 0) is 25.2 Å². The van der Waals surface area contributed by atoms with Crippen molar-refractivity contribution >= 4 is 26.0 Å². The van der Waals surface area contributed by atoms with Gasteiger partial charge in [-0.15, -0.1) is 0 Å². The van der Waals surface area contributed by atoms with E-state index in [9.17, 15) is 8.42 Å². The van der Waals surface area contributed by atoms with Gasteiger partial charge in [-0.1, -0.05) is 35.7 Å². The Hall–Kier alpha value is 0.390. The highest BCUT2D eigenvalue weighted by molar-refractivity contribution is 9.09. The summed E-state index contributed by atoms with van der Waals surface area (Å²) < 4.78 is 26.7. The molecule has 0 spiro atoms. The van der Waals surface area contributed by atoms with E-state index in [0.29, 0.717) is 5.92 Å². The molecule has 0 amide bonds. The van der Waals surface area contributed by atoms with Gasteiger partial charge in [-0.2, -0.15) is 4.31 Å².